The van der Waals surface area contributed by atoms with Gasteiger partial charge in [-0.05, 0) is 6.42 Å². The Balaban J connectivity index is 2.27. The van der Waals surface area contributed by atoms with Gasteiger partial charge in [-0.1, -0.05) is 71.1 Å². The Bertz CT molecular complexity index is 497. The summed E-state index contributed by atoms with van der Waals surface area (Å²) in [6, 6.07) is 0.448. The zero-order chi connectivity index (χ0) is 20.9. The van der Waals surface area contributed by atoms with Gasteiger partial charge in [-0.25, -0.2) is 0 Å². The van der Waals surface area contributed by atoms with Crippen molar-refractivity contribution in [3.8, 4) is 0 Å². The first-order valence-electron chi connectivity index (χ1n) is 11.6. The lowest BCUT2D eigenvalue weighted by Crippen LogP contribution is -2.51. The van der Waals surface area contributed by atoms with Crippen molar-refractivity contribution in [2.45, 2.75) is 108 Å². The normalized spacial score (nSPS) is 23.9. The molecule has 0 amide bonds. The number of hydrogen-bond acceptors (Lipinski definition) is 3. The topological polar surface area (TPSA) is 63.6 Å². The molecule has 28 heavy (non-hydrogen) atoms. The highest BCUT2D eigenvalue weighted by molar-refractivity contribution is 7.86. The Morgan fingerprint density at radius 1 is 1.00 bits per heavy atom. The van der Waals surface area contributed by atoms with E-state index in [2.05, 4.69) is 14.0 Å². The van der Waals surface area contributed by atoms with Crippen LogP contribution in [0.3, 0.4) is 0 Å². The number of unbranched alkanes of at least 4 members (excludes halogenated alkanes) is 9. The standard InChI is InChI=1S/C22H45NO4S/c1-4-5-6-7-8-9-10-11-12-13-16-22(28(24,25)26)17-19-23(2)18-14-15-21(23)20-27-3/h21-22H,4-20H2,1-3H3/p+1/t21-,22?,23?/m0/s1. The lowest BCUT2D eigenvalue weighted by Gasteiger charge is -2.36. The molecule has 0 aromatic carbocycles. The molecular weight excluding hydrogens is 374 g/mol. The van der Waals surface area contributed by atoms with Crippen molar-refractivity contribution in [3.05, 3.63) is 0 Å². The SMILES string of the molecule is CCCCCCCCCCCCC(CC[N+]1(C)CCC[C@H]1COC)S(=O)(=O)O. The molecule has 0 aromatic rings. The van der Waals surface area contributed by atoms with Crippen LogP contribution in [0.15, 0.2) is 0 Å². The van der Waals surface area contributed by atoms with Crippen molar-refractivity contribution in [1.29, 1.82) is 0 Å². The highest BCUT2D eigenvalue weighted by atomic mass is 32.2. The van der Waals surface area contributed by atoms with E-state index in [1.54, 1.807) is 7.11 Å². The van der Waals surface area contributed by atoms with Crippen LogP contribution in [0, 0.1) is 0 Å². The summed E-state index contributed by atoms with van der Waals surface area (Å²) in [5.41, 5.74) is 0. The molecule has 3 atom stereocenters. The van der Waals surface area contributed by atoms with E-state index in [1.165, 1.54) is 57.8 Å². The van der Waals surface area contributed by atoms with E-state index in [0.29, 0.717) is 18.9 Å². The molecule has 0 bridgehead atoms. The summed E-state index contributed by atoms with van der Waals surface area (Å²) < 4.78 is 39.6. The fourth-order valence-electron chi connectivity index (χ4n) is 4.67. The lowest BCUT2D eigenvalue weighted by molar-refractivity contribution is -0.921. The fourth-order valence-corrected chi connectivity index (χ4v) is 5.54. The maximum atomic E-state index is 11.9. The zero-order valence-corrected chi connectivity index (χ0v) is 19.5. The molecule has 1 aliphatic rings. The number of ether oxygens (including phenoxy) is 1. The van der Waals surface area contributed by atoms with Crippen molar-refractivity contribution in [3.63, 3.8) is 0 Å². The van der Waals surface area contributed by atoms with Gasteiger partial charge in [0, 0.05) is 26.4 Å². The molecule has 5 nitrogen and oxygen atoms in total. The molecule has 1 aliphatic heterocycles. The third kappa shape index (κ3) is 10.0. The van der Waals surface area contributed by atoms with Gasteiger partial charge in [-0.15, -0.1) is 0 Å². The third-order valence-corrected chi connectivity index (χ3v) is 8.02. The summed E-state index contributed by atoms with van der Waals surface area (Å²) in [6.45, 7) is 4.84. The summed E-state index contributed by atoms with van der Waals surface area (Å²) in [7, 11) is -0.0270. The quantitative estimate of drug-likeness (QED) is 0.200. The minimum Gasteiger partial charge on any atom is -0.379 e. The molecule has 1 N–H and O–H groups in total. The zero-order valence-electron chi connectivity index (χ0n) is 18.7. The monoisotopic (exact) mass is 420 g/mol. The predicted molar refractivity (Wildman–Crippen MR) is 117 cm³/mol. The molecular formula is C22H46NO4S+. The number of methoxy groups -OCH3 is 1. The van der Waals surface area contributed by atoms with Crippen molar-refractivity contribution in [2.24, 2.45) is 0 Å². The number of likely N-dealkylation sites (N-methyl/N-ethyl adjacent to an activating group) is 1. The van der Waals surface area contributed by atoms with Crippen LogP contribution >= 0.6 is 0 Å². The molecule has 1 heterocycles. The van der Waals surface area contributed by atoms with Gasteiger partial charge < -0.3 is 9.22 Å². The largest absolute Gasteiger partial charge is 0.379 e. The highest BCUT2D eigenvalue weighted by Gasteiger charge is 2.39. The first-order chi connectivity index (χ1) is 13.3. The second-order valence-electron chi connectivity index (χ2n) is 9.07. The molecule has 0 saturated carbocycles. The molecule has 1 fully saturated rings. The van der Waals surface area contributed by atoms with Crippen LogP contribution in [-0.4, -0.2) is 62.6 Å². The van der Waals surface area contributed by atoms with Crippen LogP contribution in [0.5, 0.6) is 0 Å². The smallest absolute Gasteiger partial charge is 0.267 e. The van der Waals surface area contributed by atoms with Crippen molar-refractivity contribution >= 4 is 10.1 Å². The Hall–Kier alpha value is -0.170. The highest BCUT2D eigenvalue weighted by Crippen LogP contribution is 2.27. The average molecular weight is 421 g/mol. The van der Waals surface area contributed by atoms with E-state index in [4.69, 9.17) is 4.74 Å². The maximum Gasteiger partial charge on any atom is 0.267 e. The van der Waals surface area contributed by atoms with Crippen molar-refractivity contribution in [1.82, 2.24) is 0 Å². The van der Waals surface area contributed by atoms with Gasteiger partial charge in [0.05, 0.1) is 32.0 Å². The Morgan fingerprint density at radius 2 is 1.57 bits per heavy atom. The van der Waals surface area contributed by atoms with Crippen LogP contribution < -0.4 is 0 Å². The fraction of sp³-hybridized carbons (Fsp3) is 1.00. The molecule has 2 unspecified atom stereocenters. The Labute approximate surface area is 174 Å². The van der Waals surface area contributed by atoms with Crippen LogP contribution in [0.2, 0.25) is 0 Å². The molecule has 0 aliphatic carbocycles. The maximum absolute atomic E-state index is 11.9. The van der Waals surface area contributed by atoms with E-state index < -0.39 is 15.4 Å². The summed E-state index contributed by atoms with van der Waals surface area (Å²) in [6.07, 6.45) is 15.8. The molecule has 0 spiro atoms. The van der Waals surface area contributed by atoms with Gasteiger partial charge >= 0.3 is 0 Å². The van der Waals surface area contributed by atoms with Crippen molar-refractivity contribution in [2.75, 3.05) is 33.9 Å². The van der Waals surface area contributed by atoms with Gasteiger partial charge in [0.2, 0.25) is 0 Å². The minimum absolute atomic E-state index is 0.448. The van der Waals surface area contributed by atoms with E-state index in [1.807, 2.05) is 0 Å². The average Bonchev–Trinajstić information content (AvgIpc) is 2.99. The molecule has 6 heteroatoms. The van der Waals surface area contributed by atoms with E-state index >= 15 is 0 Å². The van der Waals surface area contributed by atoms with Gasteiger partial charge in [0.15, 0.2) is 0 Å². The van der Waals surface area contributed by atoms with Gasteiger partial charge in [0.25, 0.3) is 10.1 Å². The summed E-state index contributed by atoms with van der Waals surface area (Å²) >= 11 is 0. The van der Waals surface area contributed by atoms with Crippen LogP contribution in [0.25, 0.3) is 0 Å². The molecule has 0 aromatic heterocycles. The van der Waals surface area contributed by atoms with E-state index in [9.17, 15) is 13.0 Å². The number of nitrogens with zero attached hydrogens (tertiary/aromatic N) is 1. The number of likely N-dealkylation sites (tertiary alicyclic amines) is 1. The predicted octanol–water partition coefficient (Wildman–Crippen LogP) is 5.20. The Morgan fingerprint density at radius 3 is 2.11 bits per heavy atom. The summed E-state index contributed by atoms with van der Waals surface area (Å²) in [4.78, 5) is 0. The van der Waals surface area contributed by atoms with Crippen molar-refractivity contribution < 1.29 is 22.2 Å². The van der Waals surface area contributed by atoms with E-state index in [-0.39, 0.29) is 0 Å². The molecule has 1 saturated heterocycles. The number of rotatable bonds is 17. The number of hydrogen-bond donors (Lipinski definition) is 1. The van der Waals surface area contributed by atoms with E-state index in [0.717, 1.165) is 43.4 Å². The van der Waals surface area contributed by atoms with Crippen LogP contribution in [-0.2, 0) is 14.9 Å². The molecule has 168 valence electrons. The second-order valence-corrected chi connectivity index (χ2v) is 10.8. The van der Waals surface area contributed by atoms with Crippen LogP contribution in [0.4, 0.5) is 0 Å². The van der Waals surface area contributed by atoms with Crippen LogP contribution in [0.1, 0.15) is 96.8 Å². The molecule has 1 rings (SSSR count). The second kappa shape index (κ2) is 13.9. The minimum atomic E-state index is -3.96. The first kappa shape index (κ1) is 25.9. The van der Waals surface area contributed by atoms with Gasteiger partial charge in [0.1, 0.15) is 6.04 Å². The summed E-state index contributed by atoms with van der Waals surface area (Å²) in [5.74, 6) is 0. The Kier molecular flexibility index (Phi) is 12.9. The first-order valence-corrected chi connectivity index (χ1v) is 13.1. The lowest BCUT2D eigenvalue weighted by atomic mass is 10.0. The summed E-state index contributed by atoms with van der Waals surface area (Å²) in [5, 5.41) is -0.611. The molecule has 0 radical (unpaired) electrons. The van der Waals surface area contributed by atoms with Gasteiger partial charge in [-0.2, -0.15) is 8.42 Å². The van der Waals surface area contributed by atoms with Gasteiger partial charge in [-0.3, -0.25) is 4.55 Å². The number of quaternary nitrogens is 1. The third-order valence-electron chi connectivity index (χ3n) is 6.71.